The Morgan fingerprint density at radius 2 is 0.940 bits per heavy atom. The second-order valence-corrected chi connectivity index (χ2v) is 13.7. The highest BCUT2D eigenvalue weighted by molar-refractivity contribution is 7.26. The quantitative estimate of drug-likeness (QED) is 0.185. The van der Waals surface area contributed by atoms with Crippen molar-refractivity contribution in [1.29, 1.82) is 0 Å². The van der Waals surface area contributed by atoms with Crippen molar-refractivity contribution in [3.05, 3.63) is 176 Å². The van der Waals surface area contributed by atoms with Crippen molar-refractivity contribution in [2.24, 2.45) is 0 Å². The molecule has 4 heteroatoms. The van der Waals surface area contributed by atoms with Crippen LogP contribution in [0.2, 0.25) is 0 Å². The first-order chi connectivity index (χ1) is 24.8. The molecule has 0 N–H and O–H groups in total. The topological polar surface area (TPSA) is 30.7 Å². The summed E-state index contributed by atoms with van der Waals surface area (Å²) in [5.41, 5.74) is 12.2. The van der Waals surface area contributed by atoms with E-state index in [1.165, 1.54) is 43.2 Å². The Kier molecular flexibility index (Phi) is 6.68. The van der Waals surface area contributed by atoms with Gasteiger partial charge in [-0.25, -0.2) is 9.97 Å². The zero-order valence-electron chi connectivity index (χ0n) is 27.0. The van der Waals surface area contributed by atoms with E-state index in [0.29, 0.717) is 0 Å². The molecular formula is C46H29N3S. The molecular weight excluding hydrogens is 627 g/mol. The van der Waals surface area contributed by atoms with Gasteiger partial charge in [-0.1, -0.05) is 133 Å². The summed E-state index contributed by atoms with van der Waals surface area (Å²) < 4.78 is 4.66. The maximum absolute atomic E-state index is 5.37. The van der Waals surface area contributed by atoms with Gasteiger partial charge in [-0.3, -0.25) is 0 Å². The molecule has 0 aliphatic heterocycles. The molecule has 0 atom stereocenters. The van der Waals surface area contributed by atoms with Gasteiger partial charge < -0.3 is 4.57 Å². The first kappa shape index (κ1) is 28.6. The highest BCUT2D eigenvalue weighted by atomic mass is 32.1. The fourth-order valence-corrected chi connectivity index (χ4v) is 8.41. The summed E-state index contributed by atoms with van der Waals surface area (Å²) in [4.78, 5) is 10.7. The third-order valence-electron chi connectivity index (χ3n) is 9.60. The third kappa shape index (κ3) is 4.73. The maximum atomic E-state index is 5.37. The highest BCUT2D eigenvalue weighted by Crippen LogP contribution is 2.41. The van der Waals surface area contributed by atoms with Crippen molar-refractivity contribution in [3.8, 4) is 50.6 Å². The summed E-state index contributed by atoms with van der Waals surface area (Å²) in [6.07, 6.45) is 0. The number of thiophene rings is 1. The molecule has 0 spiro atoms. The summed E-state index contributed by atoms with van der Waals surface area (Å²) in [6, 6.07) is 62.5. The molecule has 0 unspecified atom stereocenters. The molecule has 0 saturated carbocycles. The number of rotatable bonds is 5. The van der Waals surface area contributed by atoms with E-state index in [-0.39, 0.29) is 0 Å². The van der Waals surface area contributed by atoms with Crippen molar-refractivity contribution < 1.29 is 0 Å². The van der Waals surface area contributed by atoms with E-state index in [0.717, 1.165) is 49.5 Å². The van der Waals surface area contributed by atoms with Crippen LogP contribution in [0.4, 0.5) is 0 Å². The van der Waals surface area contributed by atoms with Gasteiger partial charge in [0.15, 0.2) is 5.82 Å². The smallest absolute Gasteiger partial charge is 0.160 e. The van der Waals surface area contributed by atoms with Gasteiger partial charge >= 0.3 is 0 Å². The summed E-state index contributed by atoms with van der Waals surface area (Å²) in [6.45, 7) is 0. The predicted molar refractivity (Wildman–Crippen MR) is 211 cm³/mol. The van der Waals surface area contributed by atoms with E-state index < -0.39 is 0 Å². The van der Waals surface area contributed by atoms with Crippen LogP contribution in [0.1, 0.15) is 0 Å². The van der Waals surface area contributed by atoms with Crippen molar-refractivity contribution in [2.75, 3.05) is 0 Å². The van der Waals surface area contributed by atoms with E-state index in [1.54, 1.807) is 11.3 Å². The largest absolute Gasteiger partial charge is 0.309 e. The minimum absolute atomic E-state index is 0.718. The summed E-state index contributed by atoms with van der Waals surface area (Å²) in [5.74, 6) is 0.718. The van der Waals surface area contributed by atoms with Crippen LogP contribution < -0.4 is 0 Å². The minimum atomic E-state index is 0.718. The zero-order chi connectivity index (χ0) is 33.0. The monoisotopic (exact) mass is 655 g/mol. The van der Waals surface area contributed by atoms with Crippen LogP contribution >= 0.6 is 11.3 Å². The standard InChI is InChI=1S/C46H29N3S/c1-2-13-30(14-3-1)31-15-10-16-32(27-31)33-17-11-18-34(28-33)43-45-44(39-23-6-9-26-42(39)50-45)48-46(47-43)35-19-12-20-36(29-35)49-40-24-7-4-21-37(40)38-22-5-8-25-41(38)49/h1-29H. The molecule has 0 amide bonds. The molecule has 0 saturated heterocycles. The van der Waals surface area contributed by atoms with Gasteiger partial charge in [-0.15, -0.1) is 11.3 Å². The van der Waals surface area contributed by atoms with Crippen LogP contribution in [0.5, 0.6) is 0 Å². The Labute approximate surface area is 293 Å². The number of fused-ring (bicyclic) bond motifs is 6. The minimum Gasteiger partial charge on any atom is -0.309 e. The van der Waals surface area contributed by atoms with Gasteiger partial charge in [0.05, 0.1) is 26.9 Å². The van der Waals surface area contributed by atoms with Gasteiger partial charge in [0.1, 0.15) is 0 Å². The SMILES string of the molecule is c1ccc(-c2cccc(-c3cccc(-c4nc(-c5cccc(-n6c7ccccc7c7ccccc76)c5)nc5c4sc4ccccc45)c3)c2)cc1. The lowest BCUT2D eigenvalue weighted by Crippen LogP contribution is -1.97. The summed E-state index contributed by atoms with van der Waals surface area (Å²) >= 11 is 1.76. The normalized spacial score (nSPS) is 11.6. The van der Waals surface area contributed by atoms with Crippen LogP contribution in [0.3, 0.4) is 0 Å². The van der Waals surface area contributed by atoms with Gasteiger partial charge in [0, 0.05) is 37.7 Å². The van der Waals surface area contributed by atoms with Crippen LogP contribution in [0, 0.1) is 0 Å². The molecule has 3 heterocycles. The van der Waals surface area contributed by atoms with Crippen molar-refractivity contribution in [2.45, 2.75) is 0 Å². The maximum Gasteiger partial charge on any atom is 0.160 e. The van der Waals surface area contributed by atoms with E-state index in [4.69, 9.17) is 9.97 Å². The predicted octanol–water partition coefficient (Wildman–Crippen LogP) is 12.6. The van der Waals surface area contributed by atoms with Crippen molar-refractivity contribution >= 4 is 53.4 Å². The lowest BCUT2D eigenvalue weighted by atomic mass is 9.97. The second-order valence-electron chi connectivity index (χ2n) is 12.6. The fourth-order valence-electron chi connectivity index (χ4n) is 7.26. The number of benzene rings is 7. The van der Waals surface area contributed by atoms with Gasteiger partial charge in [-0.05, 0) is 64.7 Å². The van der Waals surface area contributed by atoms with E-state index >= 15 is 0 Å². The van der Waals surface area contributed by atoms with Crippen molar-refractivity contribution in [3.63, 3.8) is 0 Å². The molecule has 10 rings (SSSR count). The van der Waals surface area contributed by atoms with Crippen LogP contribution in [0.25, 0.3) is 92.7 Å². The number of hydrogen-bond donors (Lipinski definition) is 0. The number of para-hydroxylation sites is 2. The molecule has 7 aromatic carbocycles. The number of hydrogen-bond acceptors (Lipinski definition) is 3. The first-order valence-corrected chi connectivity index (χ1v) is 17.6. The number of nitrogens with zero attached hydrogens (tertiary/aromatic N) is 3. The van der Waals surface area contributed by atoms with E-state index in [2.05, 4.69) is 180 Å². The summed E-state index contributed by atoms with van der Waals surface area (Å²) in [5, 5.41) is 3.64. The molecule has 10 aromatic rings. The van der Waals surface area contributed by atoms with E-state index in [9.17, 15) is 0 Å². The van der Waals surface area contributed by atoms with E-state index in [1.807, 2.05) is 0 Å². The Morgan fingerprint density at radius 1 is 0.400 bits per heavy atom. The lowest BCUT2D eigenvalue weighted by Gasteiger charge is -2.12. The molecule has 50 heavy (non-hydrogen) atoms. The third-order valence-corrected chi connectivity index (χ3v) is 10.8. The lowest BCUT2D eigenvalue weighted by molar-refractivity contribution is 1.17. The number of aromatic nitrogens is 3. The molecule has 234 valence electrons. The Hall–Kier alpha value is -6.36. The second kappa shape index (κ2) is 11.7. The zero-order valence-corrected chi connectivity index (χ0v) is 27.8. The van der Waals surface area contributed by atoms with Crippen molar-refractivity contribution in [1.82, 2.24) is 14.5 Å². The highest BCUT2D eigenvalue weighted by Gasteiger charge is 2.18. The first-order valence-electron chi connectivity index (χ1n) is 16.8. The van der Waals surface area contributed by atoms with Gasteiger partial charge in [-0.2, -0.15) is 0 Å². The summed E-state index contributed by atoms with van der Waals surface area (Å²) in [7, 11) is 0. The Bertz CT molecular complexity index is 2830. The molecule has 0 bridgehead atoms. The molecule has 3 nitrogen and oxygen atoms in total. The van der Waals surface area contributed by atoms with Gasteiger partial charge in [0.2, 0.25) is 0 Å². The van der Waals surface area contributed by atoms with Gasteiger partial charge in [0.25, 0.3) is 0 Å². The average molecular weight is 656 g/mol. The average Bonchev–Trinajstić information content (AvgIpc) is 3.74. The van der Waals surface area contributed by atoms with Crippen LogP contribution in [0.15, 0.2) is 176 Å². The fraction of sp³-hybridized carbons (Fsp3) is 0. The Morgan fingerprint density at radius 3 is 1.68 bits per heavy atom. The van der Waals surface area contributed by atoms with Crippen LogP contribution in [-0.2, 0) is 0 Å². The molecule has 0 aliphatic rings. The molecule has 0 fully saturated rings. The molecule has 0 aliphatic carbocycles. The molecule has 3 aromatic heterocycles. The Balaban J connectivity index is 1.15. The molecule has 0 radical (unpaired) electrons. The van der Waals surface area contributed by atoms with Crippen LogP contribution in [-0.4, -0.2) is 14.5 Å².